The van der Waals surface area contributed by atoms with E-state index in [1.54, 1.807) is 24.3 Å². The molecule has 66 valence electrons. The van der Waals surface area contributed by atoms with Gasteiger partial charge >= 0.3 is 5.97 Å². The average molecular weight is 176 g/mol. The Hall–Kier alpha value is -1.64. The summed E-state index contributed by atoms with van der Waals surface area (Å²) in [5.41, 5.74) is 0.681. The highest BCUT2D eigenvalue weighted by molar-refractivity contribution is 6.07. The Labute approximate surface area is 75.3 Å². The number of rotatable bonds is 1. The minimum absolute atomic E-state index is 0.171. The lowest BCUT2D eigenvalue weighted by molar-refractivity contribution is -0.137. The van der Waals surface area contributed by atoms with Gasteiger partial charge in [0.1, 0.15) is 17.5 Å². The summed E-state index contributed by atoms with van der Waals surface area (Å²) in [5.74, 6) is -0.840. The molecule has 2 rings (SSSR count). The molecule has 0 aliphatic carbocycles. The summed E-state index contributed by atoms with van der Waals surface area (Å²) >= 11 is 0. The molecule has 0 radical (unpaired) electrons. The van der Waals surface area contributed by atoms with Crippen LogP contribution in [0.4, 0.5) is 0 Å². The molecule has 0 N–H and O–H groups in total. The van der Waals surface area contributed by atoms with E-state index >= 15 is 0 Å². The predicted molar refractivity (Wildman–Crippen MR) is 45.5 cm³/mol. The first-order chi connectivity index (χ1) is 6.20. The maximum absolute atomic E-state index is 11.2. The number of carbonyl (C=O) groups is 2. The van der Waals surface area contributed by atoms with Gasteiger partial charge in [-0.05, 0) is 13.0 Å². The minimum Gasteiger partial charge on any atom is -0.425 e. The van der Waals surface area contributed by atoms with E-state index in [0.717, 1.165) is 0 Å². The molecule has 1 aromatic carbocycles. The molecule has 1 aliphatic rings. The second kappa shape index (κ2) is 2.69. The van der Waals surface area contributed by atoms with Crippen molar-refractivity contribution >= 4 is 11.8 Å². The number of benzene rings is 1. The SMILES string of the molecule is CC(=O)[C@H]1C(=O)Oc2ccccc21. The smallest absolute Gasteiger partial charge is 0.326 e. The van der Waals surface area contributed by atoms with Gasteiger partial charge < -0.3 is 4.74 Å². The van der Waals surface area contributed by atoms with Gasteiger partial charge in [0, 0.05) is 5.56 Å². The topological polar surface area (TPSA) is 43.4 Å². The van der Waals surface area contributed by atoms with E-state index in [-0.39, 0.29) is 5.78 Å². The molecular weight excluding hydrogens is 168 g/mol. The van der Waals surface area contributed by atoms with Crippen molar-refractivity contribution in [2.45, 2.75) is 12.8 Å². The van der Waals surface area contributed by atoms with Crippen molar-refractivity contribution in [3.8, 4) is 5.75 Å². The number of ketones is 1. The van der Waals surface area contributed by atoms with Gasteiger partial charge in [-0.15, -0.1) is 0 Å². The lowest BCUT2D eigenvalue weighted by Gasteiger charge is -1.99. The standard InChI is InChI=1S/C10H8O3/c1-6(11)9-7-4-2-3-5-8(7)13-10(9)12/h2-5,9H,1H3/t9-/m1/s1. The van der Waals surface area contributed by atoms with Crippen molar-refractivity contribution in [2.24, 2.45) is 0 Å². The fourth-order valence-corrected chi connectivity index (χ4v) is 1.49. The van der Waals surface area contributed by atoms with Gasteiger partial charge in [0.15, 0.2) is 0 Å². The number of carbonyl (C=O) groups excluding carboxylic acids is 2. The molecule has 0 fully saturated rings. The molecule has 0 bridgehead atoms. The molecule has 3 heteroatoms. The second-order valence-corrected chi connectivity index (χ2v) is 3.00. The largest absolute Gasteiger partial charge is 0.425 e. The molecule has 1 heterocycles. The first kappa shape index (κ1) is 7.98. The first-order valence-electron chi connectivity index (χ1n) is 4.01. The van der Waals surface area contributed by atoms with Crippen molar-refractivity contribution < 1.29 is 14.3 Å². The second-order valence-electron chi connectivity index (χ2n) is 3.00. The molecule has 1 atom stereocenters. The van der Waals surface area contributed by atoms with Gasteiger partial charge in [-0.3, -0.25) is 9.59 Å². The molecule has 0 aromatic heterocycles. The van der Waals surface area contributed by atoms with Gasteiger partial charge in [0.05, 0.1) is 0 Å². The Bertz CT molecular complexity index is 382. The van der Waals surface area contributed by atoms with Gasteiger partial charge in [0.25, 0.3) is 0 Å². The van der Waals surface area contributed by atoms with Crippen molar-refractivity contribution in [1.82, 2.24) is 0 Å². The van der Waals surface area contributed by atoms with Crippen LogP contribution in [-0.4, -0.2) is 11.8 Å². The van der Waals surface area contributed by atoms with Crippen LogP contribution in [-0.2, 0) is 9.59 Å². The highest BCUT2D eigenvalue weighted by Gasteiger charge is 2.35. The molecule has 1 aromatic rings. The lowest BCUT2D eigenvalue weighted by atomic mass is 9.97. The van der Waals surface area contributed by atoms with Crippen LogP contribution in [0.25, 0.3) is 0 Å². The molecule has 0 unspecified atom stereocenters. The quantitative estimate of drug-likeness (QED) is 0.367. The normalized spacial score (nSPS) is 19.5. The van der Waals surface area contributed by atoms with E-state index in [2.05, 4.69) is 0 Å². The molecule has 3 nitrogen and oxygen atoms in total. The van der Waals surface area contributed by atoms with E-state index in [1.807, 2.05) is 0 Å². The highest BCUT2D eigenvalue weighted by Crippen LogP contribution is 2.34. The van der Waals surface area contributed by atoms with Crippen LogP contribution in [0.1, 0.15) is 18.4 Å². The summed E-state index contributed by atoms with van der Waals surface area (Å²) in [6.07, 6.45) is 0. The van der Waals surface area contributed by atoms with Gasteiger partial charge in [0.2, 0.25) is 0 Å². The third-order valence-corrected chi connectivity index (χ3v) is 2.08. The van der Waals surface area contributed by atoms with Crippen LogP contribution < -0.4 is 4.74 Å². The van der Waals surface area contributed by atoms with Crippen LogP contribution in [0.3, 0.4) is 0 Å². The Balaban J connectivity index is 2.52. The summed E-state index contributed by atoms with van der Waals surface area (Å²) in [7, 11) is 0. The van der Waals surface area contributed by atoms with E-state index in [9.17, 15) is 9.59 Å². The average Bonchev–Trinajstić information content (AvgIpc) is 2.39. The lowest BCUT2D eigenvalue weighted by Crippen LogP contribution is -2.16. The molecule has 0 saturated heterocycles. The molecule has 0 saturated carbocycles. The number of ether oxygens (including phenoxy) is 1. The van der Waals surface area contributed by atoms with Crippen molar-refractivity contribution in [2.75, 3.05) is 0 Å². The Morgan fingerprint density at radius 3 is 2.77 bits per heavy atom. The van der Waals surface area contributed by atoms with E-state index in [4.69, 9.17) is 4.74 Å². The first-order valence-corrected chi connectivity index (χ1v) is 4.01. The summed E-state index contributed by atoms with van der Waals surface area (Å²) in [6.45, 7) is 1.40. The summed E-state index contributed by atoms with van der Waals surface area (Å²) in [5, 5.41) is 0. The number of fused-ring (bicyclic) bond motifs is 1. The maximum atomic E-state index is 11.2. The van der Waals surface area contributed by atoms with Crippen molar-refractivity contribution in [3.05, 3.63) is 29.8 Å². The van der Waals surface area contributed by atoms with Crippen LogP contribution in [0.15, 0.2) is 24.3 Å². The zero-order valence-corrected chi connectivity index (χ0v) is 7.11. The van der Waals surface area contributed by atoms with Crippen LogP contribution >= 0.6 is 0 Å². The third-order valence-electron chi connectivity index (χ3n) is 2.08. The zero-order valence-electron chi connectivity index (χ0n) is 7.11. The van der Waals surface area contributed by atoms with E-state index in [1.165, 1.54) is 6.92 Å². The third kappa shape index (κ3) is 1.13. The van der Waals surface area contributed by atoms with Crippen LogP contribution in [0, 0.1) is 0 Å². The zero-order chi connectivity index (χ0) is 9.42. The van der Waals surface area contributed by atoms with Gasteiger partial charge in [-0.2, -0.15) is 0 Å². The van der Waals surface area contributed by atoms with Gasteiger partial charge in [-0.25, -0.2) is 0 Å². The summed E-state index contributed by atoms with van der Waals surface area (Å²) in [4.78, 5) is 22.3. The molecule has 13 heavy (non-hydrogen) atoms. The Morgan fingerprint density at radius 1 is 1.38 bits per heavy atom. The van der Waals surface area contributed by atoms with Gasteiger partial charge in [-0.1, -0.05) is 18.2 Å². The van der Waals surface area contributed by atoms with Crippen molar-refractivity contribution in [3.63, 3.8) is 0 Å². The predicted octanol–water partition coefficient (Wildman–Crippen LogP) is 1.28. The van der Waals surface area contributed by atoms with E-state index in [0.29, 0.717) is 11.3 Å². The number of Topliss-reactive ketones (excluding diaryl/α,β-unsaturated/α-hetero) is 1. The molecular formula is C10H8O3. The van der Waals surface area contributed by atoms with Crippen LogP contribution in [0.5, 0.6) is 5.75 Å². The Morgan fingerprint density at radius 2 is 2.08 bits per heavy atom. The monoisotopic (exact) mass is 176 g/mol. The number of para-hydroxylation sites is 1. The van der Waals surface area contributed by atoms with Crippen LogP contribution in [0.2, 0.25) is 0 Å². The fourth-order valence-electron chi connectivity index (χ4n) is 1.49. The maximum Gasteiger partial charge on any atom is 0.326 e. The molecule has 0 amide bonds. The Kier molecular flexibility index (Phi) is 1.65. The number of esters is 1. The minimum atomic E-state index is -0.712. The number of hydrogen-bond acceptors (Lipinski definition) is 3. The fraction of sp³-hybridized carbons (Fsp3) is 0.200. The van der Waals surface area contributed by atoms with E-state index < -0.39 is 11.9 Å². The molecule has 1 aliphatic heterocycles. The molecule has 0 spiro atoms. The summed E-state index contributed by atoms with van der Waals surface area (Å²) < 4.78 is 4.92. The summed E-state index contributed by atoms with van der Waals surface area (Å²) in [6, 6.07) is 6.99. The number of hydrogen-bond donors (Lipinski definition) is 0. The highest BCUT2D eigenvalue weighted by atomic mass is 16.5. The van der Waals surface area contributed by atoms with Crippen molar-refractivity contribution in [1.29, 1.82) is 0 Å².